The smallest absolute Gasteiger partial charge is 0.335 e. The van der Waals surface area contributed by atoms with E-state index in [1.807, 2.05) is 72.8 Å². The standard InChI is InChI=1S/C34H31ClN2O4/c1-40-29-17-11-25(30(20-29)22-7-13-26(35)14-8-22)21-41-28-15-9-23(10-16-28)33-36-31-19-24(34(38)39)12-18-32(31)37(33)27-5-3-2-4-6-27/h7-20,27H,2-6,21H2,1H3,(H,38,39). The van der Waals surface area contributed by atoms with Crippen LogP contribution < -0.4 is 9.47 Å². The summed E-state index contributed by atoms with van der Waals surface area (Å²) < 4.78 is 14.0. The second-order valence-electron chi connectivity index (χ2n) is 10.4. The van der Waals surface area contributed by atoms with Gasteiger partial charge < -0.3 is 19.1 Å². The molecular weight excluding hydrogens is 536 g/mol. The molecule has 0 atom stereocenters. The zero-order chi connectivity index (χ0) is 28.3. The van der Waals surface area contributed by atoms with Crippen LogP contribution in [-0.4, -0.2) is 27.7 Å². The number of rotatable bonds is 8. The quantitative estimate of drug-likeness (QED) is 0.203. The van der Waals surface area contributed by atoms with Gasteiger partial charge in [0, 0.05) is 16.6 Å². The number of nitrogens with zero attached hydrogens (tertiary/aromatic N) is 2. The zero-order valence-electron chi connectivity index (χ0n) is 22.8. The lowest BCUT2D eigenvalue weighted by Crippen LogP contribution is -2.14. The number of ether oxygens (including phenoxy) is 2. The van der Waals surface area contributed by atoms with Crippen LogP contribution in [0.4, 0.5) is 0 Å². The van der Waals surface area contributed by atoms with Gasteiger partial charge in [0.2, 0.25) is 0 Å². The molecular formula is C34H31ClN2O4. The van der Waals surface area contributed by atoms with Crippen LogP contribution in [-0.2, 0) is 6.61 Å². The Kier molecular flexibility index (Phi) is 7.66. The fourth-order valence-corrected chi connectivity index (χ4v) is 5.84. The van der Waals surface area contributed by atoms with E-state index in [1.54, 1.807) is 19.2 Å². The van der Waals surface area contributed by atoms with Gasteiger partial charge in [-0.25, -0.2) is 9.78 Å². The average Bonchev–Trinajstić information content (AvgIpc) is 3.40. The van der Waals surface area contributed by atoms with Crippen molar-refractivity contribution < 1.29 is 19.4 Å². The van der Waals surface area contributed by atoms with E-state index in [2.05, 4.69) is 4.57 Å². The fraction of sp³-hybridized carbons (Fsp3) is 0.235. The number of carbonyl (C=O) groups is 1. The van der Waals surface area contributed by atoms with Crippen molar-refractivity contribution in [2.24, 2.45) is 0 Å². The molecule has 0 saturated heterocycles. The van der Waals surface area contributed by atoms with Crippen LogP contribution in [0, 0.1) is 0 Å². The molecule has 5 aromatic rings. The van der Waals surface area contributed by atoms with Crippen molar-refractivity contribution >= 4 is 28.6 Å². The van der Waals surface area contributed by atoms with E-state index in [0.29, 0.717) is 23.2 Å². The van der Waals surface area contributed by atoms with Crippen LogP contribution in [0.15, 0.2) is 84.9 Å². The van der Waals surface area contributed by atoms with Crippen LogP contribution in [0.2, 0.25) is 5.02 Å². The molecule has 0 amide bonds. The van der Waals surface area contributed by atoms with Gasteiger partial charge in [0.05, 0.1) is 23.7 Å². The Labute approximate surface area is 244 Å². The van der Waals surface area contributed by atoms with Crippen molar-refractivity contribution in [3.05, 3.63) is 101 Å². The largest absolute Gasteiger partial charge is 0.497 e. The van der Waals surface area contributed by atoms with Crippen LogP contribution >= 0.6 is 11.6 Å². The van der Waals surface area contributed by atoms with E-state index in [-0.39, 0.29) is 5.56 Å². The molecule has 1 N–H and O–H groups in total. The molecule has 6 nitrogen and oxygen atoms in total. The van der Waals surface area contributed by atoms with Gasteiger partial charge in [-0.05, 0) is 96.3 Å². The Hall–Kier alpha value is -4.29. The van der Waals surface area contributed by atoms with Crippen LogP contribution in [0.25, 0.3) is 33.5 Å². The van der Waals surface area contributed by atoms with Crippen LogP contribution in [0.5, 0.6) is 11.5 Å². The topological polar surface area (TPSA) is 73.6 Å². The Morgan fingerprint density at radius 2 is 1.61 bits per heavy atom. The molecule has 1 heterocycles. The van der Waals surface area contributed by atoms with Crippen molar-refractivity contribution in [3.63, 3.8) is 0 Å². The van der Waals surface area contributed by atoms with Crippen molar-refractivity contribution in [1.29, 1.82) is 0 Å². The fourth-order valence-electron chi connectivity index (χ4n) is 5.71. The minimum Gasteiger partial charge on any atom is -0.497 e. The Bertz CT molecular complexity index is 1690. The molecule has 1 fully saturated rings. The Morgan fingerprint density at radius 3 is 2.32 bits per heavy atom. The molecule has 208 valence electrons. The number of fused-ring (bicyclic) bond motifs is 1. The van der Waals surface area contributed by atoms with Gasteiger partial charge in [-0.1, -0.05) is 49.1 Å². The number of benzene rings is 4. The number of carboxylic acids is 1. The number of methoxy groups -OCH3 is 1. The highest BCUT2D eigenvalue weighted by Crippen LogP contribution is 2.37. The van der Waals surface area contributed by atoms with Gasteiger partial charge in [-0.3, -0.25) is 0 Å². The van der Waals surface area contributed by atoms with Gasteiger partial charge in [0.25, 0.3) is 0 Å². The first-order chi connectivity index (χ1) is 20.0. The summed E-state index contributed by atoms with van der Waals surface area (Å²) in [5.74, 6) is 1.44. The van der Waals surface area contributed by atoms with Gasteiger partial charge in [-0.15, -0.1) is 0 Å². The molecule has 0 unspecified atom stereocenters. The van der Waals surface area contributed by atoms with Crippen LogP contribution in [0.3, 0.4) is 0 Å². The highest BCUT2D eigenvalue weighted by atomic mass is 35.5. The minimum absolute atomic E-state index is 0.248. The third kappa shape index (κ3) is 5.66. The Balaban J connectivity index is 1.28. The molecule has 4 aromatic carbocycles. The lowest BCUT2D eigenvalue weighted by Gasteiger charge is -2.25. The number of aromatic carboxylic acids is 1. The molecule has 7 heteroatoms. The molecule has 1 aliphatic rings. The summed E-state index contributed by atoms with van der Waals surface area (Å²) in [5.41, 5.74) is 6.01. The molecule has 1 saturated carbocycles. The molecule has 1 aromatic heterocycles. The molecule has 0 spiro atoms. The number of carboxylic acid groups (broad SMARTS) is 1. The maximum Gasteiger partial charge on any atom is 0.335 e. The molecule has 1 aliphatic carbocycles. The number of aromatic nitrogens is 2. The van der Waals surface area contributed by atoms with Gasteiger partial charge in [0.15, 0.2) is 0 Å². The predicted molar refractivity (Wildman–Crippen MR) is 162 cm³/mol. The average molecular weight is 567 g/mol. The second-order valence-corrected chi connectivity index (χ2v) is 10.9. The third-order valence-electron chi connectivity index (χ3n) is 7.86. The van der Waals surface area contributed by atoms with Crippen molar-refractivity contribution in [3.8, 4) is 34.0 Å². The molecule has 0 bridgehead atoms. The first-order valence-corrected chi connectivity index (χ1v) is 14.3. The van der Waals surface area contributed by atoms with Crippen molar-refractivity contribution in [1.82, 2.24) is 9.55 Å². The summed E-state index contributed by atoms with van der Waals surface area (Å²) >= 11 is 6.11. The van der Waals surface area contributed by atoms with Crippen molar-refractivity contribution in [2.45, 2.75) is 44.8 Å². The third-order valence-corrected chi connectivity index (χ3v) is 8.11. The van der Waals surface area contributed by atoms with E-state index in [0.717, 1.165) is 57.9 Å². The second kappa shape index (κ2) is 11.7. The molecule has 0 radical (unpaired) electrons. The molecule has 0 aliphatic heterocycles. The predicted octanol–water partition coefficient (Wildman–Crippen LogP) is 8.81. The summed E-state index contributed by atoms with van der Waals surface area (Å²) in [5, 5.41) is 10.2. The summed E-state index contributed by atoms with van der Waals surface area (Å²) in [6.07, 6.45) is 5.82. The van der Waals surface area contributed by atoms with Crippen LogP contribution in [0.1, 0.15) is 54.1 Å². The number of halogens is 1. The Morgan fingerprint density at radius 1 is 0.902 bits per heavy atom. The van der Waals surface area contributed by atoms with E-state index in [9.17, 15) is 9.90 Å². The van der Waals surface area contributed by atoms with Gasteiger partial charge in [-0.2, -0.15) is 0 Å². The maximum absolute atomic E-state index is 11.6. The molecule has 6 rings (SSSR count). The summed E-state index contributed by atoms with van der Waals surface area (Å²) in [4.78, 5) is 16.5. The highest BCUT2D eigenvalue weighted by Gasteiger charge is 2.23. The molecule has 41 heavy (non-hydrogen) atoms. The summed E-state index contributed by atoms with van der Waals surface area (Å²) in [6, 6.07) is 27.3. The maximum atomic E-state index is 11.6. The summed E-state index contributed by atoms with van der Waals surface area (Å²) in [6.45, 7) is 0.389. The van der Waals surface area contributed by atoms with Gasteiger partial charge >= 0.3 is 5.97 Å². The zero-order valence-corrected chi connectivity index (χ0v) is 23.6. The first-order valence-electron chi connectivity index (χ1n) is 13.9. The minimum atomic E-state index is -0.946. The lowest BCUT2D eigenvalue weighted by molar-refractivity contribution is 0.0697. The van der Waals surface area contributed by atoms with E-state index < -0.39 is 5.97 Å². The number of hydrogen-bond acceptors (Lipinski definition) is 4. The number of imidazole rings is 1. The summed E-state index contributed by atoms with van der Waals surface area (Å²) in [7, 11) is 1.66. The van der Waals surface area contributed by atoms with E-state index in [4.69, 9.17) is 26.1 Å². The van der Waals surface area contributed by atoms with Crippen molar-refractivity contribution in [2.75, 3.05) is 7.11 Å². The monoisotopic (exact) mass is 566 g/mol. The highest BCUT2D eigenvalue weighted by molar-refractivity contribution is 6.30. The normalized spacial score (nSPS) is 13.8. The SMILES string of the molecule is COc1ccc(COc2ccc(-c3nc4cc(C(=O)O)ccc4n3C3CCCCC3)cc2)c(-c2ccc(Cl)cc2)c1. The van der Waals surface area contributed by atoms with E-state index in [1.165, 1.54) is 19.3 Å². The van der Waals surface area contributed by atoms with Gasteiger partial charge in [0.1, 0.15) is 23.9 Å². The number of hydrogen-bond donors (Lipinski definition) is 1. The first kappa shape index (κ1) is 26.9. The van der Waals surface area contributed by atoms with E-state index >= 15 is 0 Å². The lowest BCUT2D eigenvalue weighted by atomic mass is 9.95.